The maximum atomic E-state index is 12.3. The van der Waals surface area contributed by atoms with Crippen LogP contribution in [0.5, 0.6) is 5.75 Å². The van der Waals surface area contributed by atoms with E-state index in [0.717, 1.165) is 31.2 Å². The molecule has 1 aromatic carbocycles. The lowest BCUT2D eigenvalue weighted by molar-refractivity contribution is -0.327. The highest BCUT2D eigenvalue weighted by molar-refractivity contribution is 6.15. The average Bonchev–Trinajstić information content (AvgIpc) is 2.76. The Morgan fingerprint density at radius 1 is 1.09 bits per heavy atom. The molecule has 0 amide bonds. The van der Waals surface area contributed by atoms with E-state index < -0.39 is 18.4 Å². The molecule has 2 aliphatic rings. The van der Waals surface area contributed by atoms with E-state index in [1.165, 1.54) is 6.33 Å². The first-order chi connectivity index (χ1) is 16.1. The number of fused-ring (bicyclic) bond motifs is 3. The second-order valence-corrected chi connectivity index (χ2v) is 9.04. The number of benzene rings is 1. The smallest absolute Gasteiger partial charge is 0.490 e. The zero-order valence-electron chi connectivity index (χ0n) is 19.1. The Hall–Kier alpha value is -2.92. The number of alkyl halides is 3. The predicted molar refractivity (Wildman–Crippen MR) is 120 cm³/mol. The minimum Gasteiger partial charge on any atom is -0.490 e. The summed E-state index contributed by atoms with van der Waals surface area (Å²) in [7, 11) is 0. The highest BCUT2D eigenvalue weighted by Gasteiger charge is 2.41. The van der Waals surface area contributed by atoms with Crippen molar-refractivity contribution < 1.29 is 27.5 Å². The van der Waals surface area contributed by atoms with E-state index in [9.17, 15) is 13.2 Å². The number of ether oxygens (including phenoxy) is 2. The first-order valence-electron chi connectivity index (χ1n) is 11.2. The zero-order chi connectivity index (χ0) is 24.5. The van der Waals surface area contributed by atoms with Crippen LogP contribution in [-0.4, -0.2) is 47.4 Å². The van der Waals surface area contributed by atoms with Gasteiger partial charge in [-0.3, -0.25) is 4.74 Å². The number of nitrogens with two attached hydrogens (primary N) is 2. The molecule has 1 fully saturated rings. The van der Waals surface area contributed by atoms with E-state index in [1.54, 1.807) is 0 Å². The van der Waals surface area contributed by atoms with E-state index in [4.69, 9.17) is 21.0 Å². The van der Waals surface area contributed by atoms with Gasteiger partial charge < -0.3 is 21.0 Å². The van der Waals surface area contributed by atoms with E-state index in [0.29, 0.717) is 34.1 Å². The normalized spacial score (nSPS) is 22.7. The highest BCUT2D eigenvalue weighted by Crippen LogP contribution is 2.45. The van der Waals surface area contributed by atoms with E-state index in [2.05, 4.69) is 19.9 Å². The monoisotopic (exact) mass is 479 g/mol. The van der Waals surface area contributed by atoms with Crippen molar-refractivity contribution in [3.8, 4) is 17.0 Å². The number of hydrogen-bond acceptors (Lipinski definition) is 8. The molecule has 0 radical (unpaired) electrons. The van der Waals surface area contributed by atoms with Gasteiger partial charge in [-0.05, 0) is 57.7 Å². The Balaban J connectivity index is 1.67. The van der Waals surface area contributed by atoms with Gasteiger partial charge in [0.25, 0.3) is 0 Å². The van der Waals surface area contributed by atoms with Gasteiger partial charge in [0.1, 0.15) is 24.5 Å². The minimum atomic E-state index is -4.73. The number of halogens is 3. The van der Waals surface area contributed by atoms with Gasteiger partial charge in [0.2, 0.25) is 0 Å². The molecule has 1 heterocycles. The van der Waals surface area contributed by atoms with Crippen molar-refractivity contribution in [1.29, 1.82) is 0 Å². The first-order valence-corrected chi connectivity index (χ1v) is 11.2. The van der Waals surface area contributed by atoms with Crippen LogP contribution in [0.4, 0.5) is 19.0 Å². The quantitative estimate of drug-likeness (QED) is 0.476. The van der Waals surface area contributed by atoms with Gasteiger partial charge in [-0.1, -0.05) is 5.16 Å². The number of aromatic nitrogens is 2. The Morgan fingerprint density at radius 2 is 1.82 bits per heavy atom. The molecule has 2 aliphatic carbocycles. The molecular formula is C23H28F3N5O3. The number of nitrogens with zero attached hydrogens (tertiary/aromatic N) is 3. The van der Waals surface area contributed by atoms with E-state index >= 15 is 0 Å². The van der Waals surface area contributed by atoms with Gasteiger partial charge in [-0.15, -0.1) is 13.2 Å². The third kappa shape index (κ3) is 5.10. The Morgan fingerprint density at radius 3 is 2.53 bits per heavy atom. The summed E-state index contributed by atoms with van der Waals surface area (Å²) in [6.45, 7) is 2.72. The second kappa shape index (κ2) is 9.38. The molecule has 0 atom stereocenters. The van der Waals surface area contributed by atoms with Crippen molar-refractivity contribution in [2.75, 3.05) is 18.9 Å². The summed E-state index contributed by atoms with van der Waals surface area (Å²) in [5, 5.41) is 4.22. The number of nitrogen functional groups attached to an aromatic ring is 1. The largest absolute Gasteiger partial charge is 0.522 e. The Labute approximate surface area is 195 Å². The molecule has 11 heteroatoms. The summed E-state index contributed by atoms with van der Waals surface area (Å²) in [6.07, 6.45) is 0.304. The van der Waals surface area contributed by atoms with Gasteiger partial charge in [-0.2, -0.15) is 0 Å². The number of oxime groups is 1. The summed E-state index contributed by atoms with van der Waals surface area (Å²) in [5.41, 5.74) is 14.7. The Kier molecular flexibility index (Phi) is 6.68. The maximum Gasteiger partial charge on any atom is 0.522 e. The standard InChI is InChI=1S/C23H28F3N5O3/c1-22(2)18-19(29-12-30-21(18)28)16-8-7-15(34-14-5-3-13(27)4-6-14)11-17(16)20(22)31-33-10-9-32-23(24,25)26/h7-8,11-14H,3-6,9-10,27H2,1-2H3,(H2,28,29,30)/b31-20+. The highest BCUT2D eigenvalue weighted by atomic mass is 19.4. The van der Waals surface area contributed by atoms with Crippen LogP contribution in [0, 0.1) is 0 Å². The van der Waals surface area contributed by atoms with Crippen molar-refractivity contribution in [1.82, 2.24) is 9.97 Å². The molecule has 4 rings (SSSR count). The topological polar surface area (TPSA) is 118 Å². The molecule has 4 N–H and O–H groups in total. The van der Waals surface area contributed by atoms with Crippen molar-refractivity contribution >= 4 is 11.5 Å². The maximum absolute atomic E-state index is 12.3. The average molecular weight is 480 g/mol. The molecule has 0 spiro atoms. The fraction of sp³-hybridized carbons (Fsp3) is 0.522. The van der Waals surface area contributed by atoms with Crippen molar-refractivity contribution in [3.05, 3.63) is 35.7 Å². The molecule has 34 heavy (non-hydrogen) atoms. The lowest BCUT2D eigenvalue weighted by Crippen LogP contribution is -2.36. The summed E-state index contributed by atoms with van der Waals surface area (Å²) in [6, 6.07) is 5.82. The molecule has 2 aromatic rings. The Bertz CT molecular complexity index is 1070. The molecule has 0 unspecified atom stereocenters. The molecule has 184 valence electrons. The van der Waals surface area contributed by atoms with Gasteiger partial charge in [-0.25, -0.2) is 9.97 Å². The molecular weight excluding hydrogens is 451 g/mol. The molecule has 0 bridgehead atoms. The third-order valence-electron chi connectivity index (χ3n) is 6.21. The van der Waals surface area contributed by atoms with Crippen LogP contribution in [-0.2, 0) is 15.0 Å². The van der Waals surface area contributed by atoms with Gasteiger partial charge >= 0.3 is 6.36 Å². The van der Waals surface area contributed by atoms with Crippen LogP contribution in [0.1, 0.15) is 50.7 Å². The van der Waals surface area contributed by atoms with Crippen LogP contribution < -0.4 is 16.2 Å². The number of anilines is 1. The van der Waals surface area contributed by atoms with Gasteiger partial charge in [0.15, 0.2) is 0 Å². The van der Waals surface area contributed by atoms with Crippen LogP contribution in [0.15, 0.2) is 29.7 Å². The minimum absolute atomic E-state index is 0.0656. The molecule has 0 saturated heterocycles. The predicted octanol–water partition coefficient (Wildman–Crippen LogP) is 3.92. The summed E-state index contributed by atoms with van der Waals surface area (Å²) in [4.78, 5) is 13.8. The van der Waals surface area contributed by atoms with Crippen LogP contribution in [0.3, 0.4) is 0 Å². The van der Waals surface area contributed by atoms with Crippen molar-refractivity contribution in [2.24, 2.45) is 10.9 Å². The number of hydrogen-bond donors (Lipinski definition) is 2. The SMILES string of the molecule is CC1(C)/C(=N/OCCOC(F)(F)F)c2cc(OC3CCC(N)CC3)ccc2-c2ncnc(N)c21. The van der Waals surface area contributed by atoms with E-state index in [1.807, 2.05) is 32.0 Å². The summed E-state index contributed by atoms with van der Waals surface area (Å²) in [5.74, 6) is 0.959. The lowest BCUT2D eigenvalue weighted by atomic mass is 9.70. The van der Waals surface area contributed by atoms with Gasteiger partial charge in [0.05, 0.1) is 24.1 Å². The molecule has 0 aliphatic heterocycles. The third-order valence-corrected chi connectivity index (χ3v) is 6.21. The van der Waals surface area contributed by atoms with E-state index in [-0.39, 0.29) is 18.8 Å². The van der Waals surface area contributed by atoms with Crippen LogP contribution >= 0.6 is 0 Å². The molecule has 1 aromatic heterocycles. The summed E-state index contributed by atoms with van der Waals surface area (Å²) >= 11 is 0. The lowest BCUT2D eigenvalue weighted by Gasteiger charge is -2.35. The van der Waals surface area contributed by atoms with Crippen molar-refractivity contribution in [3.63, 3.8) is 0 Å². The fourth-order valence-electron chi connectivity index (χ4n) is 4.54. The van der Waals surface area contributed by atoms with Crippen LogP contribution in [0.2, 0.25) is 0 Å². The number of rotatable bonds is 6. The van der Waals surface area contributed by atoms with Crippen molar-refractivity contribution in [2.45, 2.75) is 63.5 Å². The van der Waals surface area contributed by atoms with Crippen LogP contribution in [0.25, 0.3) is 11.3 Å². The molecule has 1 saturated carbocycles. The zero-order valence-corrected chi connectivity index (χ0v) is 19.1. The summed E-state index contributed by atoms with van der Waals surface area (Å²) < 4.78 is 46.8. The second-order valence-electron chi connectivity index (χ2n) is 9.04. The van der Waals surface area contributed by atoms with Gasteiger partial charge in [0, 0.05) is 28.1 Å². The molecule has 8 nitrogen and oxygen atoms in total. The fourth-order valence-corrected chi connectivity index (χ4v) is 4.54. The first kappa shape index (κ1) is 24.2.